The first-order valence-electron chi connectivity index (χ1n) is 8.89. The van der Waals surface area contributed by atoms with Gasteiger partial charge in [-0.25, -0.2) is 9.67 Å². The molecule has 1 N–H and O–H groups in total. The Hall–Kier alpha value is -2.45. The zero-order valence-corrected chi connectivity index (χ0v) is 16.2. The lowest BCUT2D eigenvalue weighted by Gasteiger charge is -2.34. The van der Waals surface area contributed by atoms with Crippen LogP contribution in [0.1, 0.15) is 23.4 Å². The maximum atomic E-state index is 12.3. The van der Waals surface area contributed by atoms with E-state index in [-0.39, 0.29) is 17.6 Å². The van der Waals surface area contributed by atoms with E-state index in [2.05, 4.69) is 20.3 Å². The van der Waals surface area contributed by atoms with Crippen LogP contribution in [0.5, 0.6) is 0 Å². The summed E-state index contributed by atoms with van der Waals surface area (Å²) < 4.78 is 1.62. The first-order chi connectivity index (χ1) is 12.9. The van der Waals surface area contributed by atoms with Crippen molar-refractivity contribution in [3.63, 3.8) is 0 Å². The van der Waals surface area contributed by atoms with Gasteiger partial charge in [-0.2, -0.15) is 0 Å². The number of aromatic nitrogens is 3. The Kier molecular flexibility index (Phi) is 6.08. The molecule has 1 aromatic heterocycles. The molecule has 0 atom stereocenters. The van der Waals surface area contributed by atoms with Crippen molar-refractivity contribution >= 4 is 23.4 Å². The summed E-state index contributed by atoms with van der Waals surface area (Å²) in [5.74, 6) is 0.584. The molecular weight excluding hydrogens is 368 g/mol. The van der Waals surface area contributed by atoms with Gasteiger partial charge in [0.05, 0.1) is 5.69 Å². The Labute approximate surface area is 163 Å². The fourth-order valence-electron chi connectivity index (χ4n) is 3.01. The maximum absolute atomic E-state index is 12.3. The van der Waals surface area contributed by atoms with Crippen LogP contribution in [0.25, 0.3) is 5.69 Å². The minimum atomic E-state index is -0.298. The zero-order valence-electron chi connectivity index (χ0n) is 15.5. The molecule has 8 nitrogen and oxygen atoms in total. The van der Waals surface area contributed by atoms with E-state index in [1.165, 1.54) is 0 Å². The molecule has 0 bridgehead atoms. The van der Waals surface area contributed by atoms with E-state index < -0.39 is 0 Å². The highest BCUT2D eigenvalue weighted by molar-refractivity contribution is 6.30. The molecule has 3 rings (SSSR count). The number of hydrogen-bond acceptors (Lipinski definition) is 5. The van der Waals surface area contributed by atoms with E-state index >= 15 is 0 Å². The van der Waals surface area contributed by atoms with Crippen molar-refractivity contribution in [2.45, 2.75) is 13.8 Å². The Bertz CT molecular complexity index is 812. The predicted molar refractivity (Wildman–Crippen MR) is 102 cm³/mol. The molecule has 144 valence electrons. The molecule has 0 spiro atoms. The molecule has 1 saturated heterocycles. The van der Waals surface area contributed by atoms with Gasteiger partial charge in [0.2, 0.25) is 11.7 Å². The Morgan fingerprint density at radius 1 is 1.15 bits per heavy atom. The number of hydrogen-bond donors (Lipinski definition) is 1. The molecule has 0 radical (unpaired) electrons. The van der Waals surface area contributed by atoms with Gasteiger partial charge in [0.1, 0.15) is 5.82 Å². The van der Waals surface area contributed by atoms with Crippen LogP contribution in [0.2, 0.25) is 5.02 Å². The summed E-state index contributed by atoms with van der Waals surface area (Å²) >= 11 is 5.91. The van der Waals surface area contributed by atoms with Gasteiger partial charge in [0.25, 0.3) is 5.91 Å². The molecule has 0 saturated carbocycles. The summed E-state index contributed by atoms with van der Waals surface area (Å²) in [4.78, 5) is 32.0. The molecule has 2 heterocycles. The summed E-state index contributed by atoms with van der Waals surface area (Å²) in [7, 11) is 0. The maximum Gasteiger partial charge on any atom is 0.291 e. The average Bonchev–Trinajstić information content (AvgIpc) is 3.04. The van der Waals surface area contributed by atoms with Crippen LogP contribution in [0.4, 0.5) is 0 Å². The number of nitrogens with one attached hydrogen (secondary N) is 1. The lowest BCUT2D eigenvalue weighted by atomic mass is 10.3. The molecule has 27 heavy (non-hydrogen) atoms. The van der Waals surface area contributed by atoms with E-state index in [0.717, 1.165) is 38.4 Å². The van der Waals surface area contributed by atoms with Crippen molar-refractivity contribution in [1.82, 2.24) is 29.9 Å². The third-order valence-electron chi connectivity index (χ3n) is 4.57. The molecule has 0 aliphatic carbocycles. The van der Waals surface area contributed by atoms with Crippen LogP contribution in [0.3, 0.4) is 0 Å². The zero-order chi connectivity index (χ0) is 19.4. The van der Waals surface area contributed by atoms with E-state index in [1.54, 1.807) is 30.7 Å². The van der Waals surface area contributed by atoms with Gasteiger partial charge in [-0.1, -0.05) is 11.6 Å². The van der Waals surface area contributed by atoms with Crippen molar-refractivity contribution in [1.29, 1.82) is 0 Å². The number of benzene rings is 1. The van der Waals surface area contributed by atoms with Crippen molar-refractivity contribution < 1.29 is 9.59 Å². The molecule has 1 fully saturated rings. The molecule has 2 amide bonds. The Morgan fingerprint density at radius 3 is 2.44 bits per heavy atom. The first kappa shape index (κ1) is 19.3. The number of rotatable bonds is 5. The van der Waals surface area contributed by atoms with E-state index in [0.29, 0.717) is 17.4 Å². The van der Waals surface area contributed by atoms with Crippen LogP contribution in [0.15, 0.2) is 24.3 Å². The van der Waals surface area contributed by atoms with Crippen molar-refractivity contribution in [2.75, 3.05) is 39.3 Å². The number of nitrogens with zero attached hydrogens (tertiary/aromatic N) is 5. The summed E-state index contributed by atoms with van der Waals surface area (Å²) in [5, 5.41) is 7.80. The van der Waals surface area contributed by atoms with Crippen molar-refractivity contribution in [3.05, 3.63) is 40.9 Å². The minimum Gasteiger partial charge on any atom is -0.348 e. The highest BCUT2D eigenvalue weighted by Gasteiger charge is 2.19. The number of piperazine rings is 1. The van der Waals surface area contributed by atoms with Gasteiger partial charge in [0.15, 0.2) is 0 Å². The quantitative estimate of drug-likeness (QED) is 0.827. The number of amides is 2. The second-order valence-corrected chi connectivity index (χ2v) is 6.91. The third-order valence-corrected chi connectivity index (χ3v) is 4.83. The first-order valence-corrected chi connectivity index (χ1v) is 9.27. The number of carbonyl (C=O) groups excluding carboxylic acids is 2. The Morgan fingerprint density at radius 2 is 1.81 bits per heavy atom. The van der Waals surface area contributed by atoms with E-state index in [9.17, 15) is 9.59 Å². The van der Waals surface area contributed by atoms with Gasteiger partial charge < -0.3 is 10.2 Å². The van der Waals surface area contributed by atoms with Gasteiger partial charge >= 0.3 is 0 Å². The largest absolute Gasteiger partial charge is 0.348 e. The monoisotopic (exact) mass is 390 g/mol. The molecule has 2 aromatic rings. The summed E-state index contributed by atoms with van der Waals surface area (Å²) in [6, 6.07) is 7.19. The van der Waals surface area contributed by atoms with Crippen LogP contribution in [0, 0.1) is 6.92 Å². The minimum absolute atomic E-state index is 0.112. The molecule has 0 unspecified atom stereocenters. The molecule has 1 aliphatic rings. The molecule has 1 aliphatic heterocycles. The number of aryl methyl sites for hydroxylation is 1. The van der Waals surface area contributed by atoms with Crippen LogP contribution < -0.4 is 5.32 Å². The van der Waals surface area contributed by atoms with Gasteiger partial charge in [0, 0.05) is 51.2 Å². The van der Waals surface area contributed by atoms with Gasteiger partial charge in [-0.05, 0) is 31.2 Å². The van der Waals surface area contributed by atoms with Gasteiger partial charge in [-0.3, -0.25) is 14.5 Å². The Balaban J connectivity index is 1.51. The second-order valence-electron chi connectivity index (χ2n) is 6.47. The van der Waals surface area contributed by atoms with Crippen LogP contribution in [-0.2, 0) is 4.79 Å². The van der Waals surface area contributed by atoms with Crippen molar-refractivity contribution in [3.8, 4) is 5.69 Å². The summed E-state index contributed by atoms with van der Waals surface area (Å²) in [6.45, 7) is 7.73. The predicted octanol–water partition coefficient (Wildman–Crippen LogP) is 1.12. The molecule has 1 aromatic carbocycles. The topological polar surface area (TPSA) is 83.4 Å². The fourth-order valence-corrected chi connectivity index (χ4v) is 3.13. The molecular formula is C18H23ClN6O2. The van der Waals surface area contributed by atoms with Crippen LogP contribution in [-0.4, -0.2) is 75.6 Å². The van der Waals surface area contributed by atoms with E-state index in [4.69, 9.17) is 11.6 Å². The second kappa shape index (κ2) is 8.49. The van der Waals surface area contributed by atoms with Gasteiger partial charge in [-0.15, -0.1) is 5.10 Å². The number of halogens is 1. The SMILES string of the molecule is CC(=O)N1CCN(CCNC(=O)c2nc(C)n(-c3ccc(Cl)cc3)n2)CC1. The lowest BCUT2D eigenvalue weighted by Crippen LogP contribution is -2.49. The van der Waals surface area contributed by atoms with Crippen molar-refractivity contribution in [2.24, 2.45) is 0 Å². The third kappa shape index (κ3) is 4.84. The summed E-state index contributed by atoms with van der Waals surface area (Å²) in [6.07, 6.45) is 0. The molecule has 9 heteroatoms. The highest BCUT2D eigenvalue weighted by atomic mass is 35.5. The average molecular weight is 391 g/mol. The number of carbonyl (C=O) groups is 2. The highest BCUT2D eigenvalue weighted by Crippen LogP contribution is 2.14. The van der Waals surface area contributed by atoms with E-state index in [1.807, 2.05) is 17.0 Å². The van der Waals surface area contributed by atoms with Crippen LogP contribution >= 0.6 is 11.6 Å². The summed E-state index contributed by atoms with van der Waals surface area (Å²) in [5.41, 5.74) is 0.798. The normalized spacial score (nSPS) is 15.0. The lowest BCUT2D eigenvalue weighted by molar-refractivity contribution is -0.130. The smallest absolute Gasteiger partial charge is 0.291 e. The fraction of sp³-hybridized carbons (Fsp3) is 0.444. The standard InChI is InChI=1S/C18H23ClN6O2/c1-13-21-17(22-25(13)16-5-3-15(19)4-6-16)18(27)20-7-8-23-9-11-24(12-10-23)14(2)26/h3-6H,7-12H2,1-2H3,(H,20,27).